The van der Waals surface area contributed by atoms with Crippen LogP contribution in [0.4, 0.5) is 18.0 Å². The highest BCUT2D eigenvalue weighted by molar-refractivity contribution is 7.39. The average molecular weight is 478 g/mol. The van der Waals surface area contributed by atoms with Crippen LogP contribution in [-0.4, -0.2) is 36.9 Å². The van der Waals surface area contributed by atoms with Gasteiger partial charge in [-0.2, -0.15) is 13.2 Å². The summed E-state index contributed by atoms with van der Waals surface area (Å²) in [4.78, 5) is 23.8. The number of methoxy groups -OCH3 is 1. The number of benzene rings is 1. The molecule has 0 saturated heterocycles. The Balaban J connectivity index is 1.84. The topological polar surface area (TPSA) is 124 Å². The van der Waals surface area contributed by atoms with Crippen LogP contribution in [0.2, 0.25) is 0 Å². The first-order chi connectivity index (χ1) is 15.1. The summed E-state index contributed by atoms with van der Waals surface area (Å²) in [6.07, 6.45) is -5.89. The van der Waals surface area contributed by atoms with Gasteiger partial charge < -0.3 is 24.3 Å². The number of alkyl halides is 3. The number of furan rings is 1. The summed E-state index contributed by atoms with van der Waals surface area (Å²) >= 11 is 0. The summed E-state index contributed by atoms with van der Waals surface area (Å²) in [5.74, 6) is -4.74. The first kappa shape index (κ1) is 25.3. The smallest absolute Gasteiger partial charge is 0.467 e. The molecule has 32 heavy (non-hydrogen) atoms. The Morgan fingerprint density at radius 1 is 1.19 bits per heavy atom. The predicted octanol–water partition coefficient (Wildman–Crippen LogP) is 3.91. The van der Waals surface area contributed by atoms with E-state index < -0.39 is 56.3 Å². The molecule has 0 radical (unpaired) electrons. The van der Waals surface area contributed by atoms with Crippen molar-refractivity contribution in [1.29, 1.82) is 0 Å². The van der Waals surface area contributed by atoms with Crippen LogP contribution in [0, 0.1) is 0 Å². The van der Waals surface area contributed by atoms with Gasteiger partial charge in [0.05, 0.1) is 7.11 Å². The molecule has 174 valence electrons. The molecule has 1 heterocycles. The van der Waals surface area contributed by atoms with Gasteiger partial charge in [-0.15, -0.1) is 4.52 Å². The highest BCUT2D eigenvalue weighted by Gasteiger charge is 2.40. The van der Waals surface area contributed by atoms with Crippen LogP contribution in [0.15, 0.2) is 46.9 Å². The Bertz CT molecular complexity index is 919. The highest BCUT2D eigenvalue weighted by atomic mass is 31.1. The zero-order valence-corrected chi connectivity index (χ0v) is 17.6. The van der Waals surface area contributed by atoms with Gasteiger partial charge in [-0.3, -0.25) is 0 Å². The van der Waals surface area contributed by atoms with Crippen LogP contribution in [0.3, 0.4) is 0 Å². The van der Waals surface area contributed by atoms with E-state index in [1.165, 1.54) is 0 Å². The van der Waals surface area contributed by atoms with Crippen LogP contribution in [0.25, 0.3) is 0 Å². The van der Waals surface area contributed by atoms with Crippen molar-refractivity contribution < 1.29 is 50.8 Å². The van der Waals surface area contributed by atoms with Crippen LogP contribution in [0.1, 0.15) is 29.3 Å². The number of amides is 1. The van der Waals surface area contributed by atoms with Gasteiger partial charge in [0.1, 0.15) is 19.3 Å². The molecule has 13 heteroatoms. The lowest BCUT2D eigenvalue weighted by atomic mass is 10.2. The molecule has 0 aliphatic heterocycles. The van der Waals surface area contributed by atoms with Crippen molar-refractivity contribution in [3.8, 4) is 0 Å². The quantitative estimate of drug-likeness (QED) is 0.389. The minimum atomic E-state index is -4.76. The van der Waals surface area contributed by atoms with Crippen LogP contribution >= 0.6 is 8.03 Å². The molecule has 1 amide bonds. The molecule has 2 rings (SSSR count). The number of alkyl carbamates (subject to hydrolysis) is 1. The molecule has 0 aliphatic carbocycles. The normalized spacial score (nSPS) is 13.7. The summed E-state index contributed by atoms with van der Waals surface area (Å²) < 4.78 is 68.6. The number of nitrogens with one attached hydrogen (secondary N) is 1. The number of ether oxygens (including phenoxy) is 2. The lowest BCUT2D eigenvalue weighted by molar-refractivity contribution is -0.153. The van der Waals surface area contributed by atoms with E-state index in [1.807, 2.05) is 0 Å². The van der Waals surface area contributed by atoms with Crippen LogP contribution < -0.4 is 5.32 Å². The highest BCUT2D eigenvalue weighted by Crippen LogP contribution is 2.42. The maximum Gasteiger partial charge on any atom is 0.548 e. The van der Waals surface area contributed by atoms with E-state index in [2.05, 4.69) is 14.5 Å². The molecule has 9 nitrogen and oxygen atoms in total. The zero-order valence-electron chi connectivity index (χ0n) is 16.7. The Labute approximate surface area is 181 Å². The minimum absolute atomic E-state index is 0.0435. The fourth-order valence-electron chi connectivity index (χ4n) is 2.38. The monoisotopic (exact) mass is 478 g/mol. The van der Waals surface area contributed by atoms with E-state index in [0.29, 0.717) is 6.07 Å². The molecular weight excluding hydrogens is 458 g/mol. The lowest BCUT2D eigenvalue weighted by Crippen LogP contribution is -2.42. The van der Waals surface area contributed by atoms with Crippen molar-refractivity contribution in [2.45, 2.75) is 31.1 Å². The second-order valence-electron chi connectivity index (χ2n) is 6.26. The van der Waals surface area contributed by atoms with Gasteiger partial charge in [0.15, 0.2) is 5.76 Å². The summed E-state index contributed by atoms with van der Waals surface area (Å²) in [7, 11) is -1.81. The molecule has 1 aromatic heterocycles. The third-order valence-corrected chi connectivity index (χ3v) is 5.07. The largest absolute Gasteiger partial charge is 0.548 e. The van der Waals surface area contributed by atoms with Gasteiger partial charge in [-0.1, -0.05) is 30.3 Å². The van der Waals surface area contributed by atoms with Gasteiger partial charge in [-0.05, 0) is 22.3 Å². The molecule has 2 unspecified atom stereocenters. The first-order valence-corrected chi connectivity index (χ1v) is 10.4. The zero-order chi connectivity index (χ0) is 23.7. The molecule has 0 fully saturated rings. The Kier molecular flexibility index (Phi) is 9.18. The number of hydrogen-bond acceptors (Lipinski definition) is 8. The maximum absolute atomic E-state index is 12.6. The van der Waals surface area contributed by atoms with E-state index >= 15 is 0 Å². The fraction of sp³-hybridized carbons (Fsp3) is 0.368. The van der Waals surface area contributed by atoms with Gasteiger partial charge in [-0.25, -0.2) is 9.59 Å². The van der Waals surface area contributed by atoms with E-state index in [1.54, 1.807) is 30.3 Å². The number of esters is 1. The van der Waals surface area contributed by atoms with Gasteiger partial charge in [0.25, 0.3) is 0 Å². The molecule has 0 spiro atoms. The summed E-state index contributed by atoms with van der Waals surface area (Å²) in [6, 6.07) is 8.96. The summed E-state index contributed by atoms with van der Waals surface area (Å²) in [5.41, 5.74) is 0.721. The molecule has 0 bridgehead atoms. The van der Waals surface area contributed by atoms with E-state index in [0.717, 1.165) is 18.7 Å². The summed E-state index contributed by atoms with van der Waals surface area (Å²) in [5, 5.41) is 12.1. The van der Waals surface area contributed by atoms with Gasteiger partial charge in [0, 0.05) is 6.42 Å². The Morgan fingerprint density at radius 3 is 2.47 bits per heavy atom. The van der Waals surface area contributed by atoms with Crippen molar-refractivity contribution in [2.24, 2.45) is 0 Å². The third-order valence-electron chi connectivity index (χ3n) is 3.98. The van der Waals surface area contributed by atoms with E-state index in [4.69, 9.17) is 9.26 Å². The molecule has 2 N–H and O–H groups in total. The van der Waals surface area contributed by atoms with Crippen LogP contribution in [0.5, 0.6) is 0 Å². The van der Waals surface area contributed by atoms with Crippen molar-refractivity contribution in [3.63, 3.8) is 0 Å². The first-order valence-electron chi connectivity index (χ1n) is 9.11. The molecular formula is C19H20F3NO8P+. The molecule has 3 atom stereocenters. The van der Waals surface area contributed by atoms with E-state index in [9.17, 15) is 32.4 Å². The standard InChI is InChI=1S/C19H19F3NO8P/c1-28-16(24)13(23-18(26)29-11-12-5-3-2-4-6-12)9-10-30-32(27)17(25)14-7-8-15(31-14)19(20,21)22/h2-8,13,17,25H,9-11H2,1H3/p+1/t13-,17?/m0/s1. The van der Waals surface area contributed by atoms with Crippen molar-refractivity contribution >= 4 is 20.1 Å². The molecule has 0 aliphatic rings. The SMILES string of the molecule is COC(=O)[C@H](CCO[P+](=O)C(O)c1ccc(C(F)(F)F)o1)NC(=O)OCc1ccccc1. The number of halogens is 3. The number of hydrogen-bond donors (Lipinski definition) is 2. The predicted molar refractivity (Wildman–Crippen MR) is 102 cm³/mol. The molecule has 1 aromatic carbocycles. The number of carbonyl (C=O) groups excluding carboxylic acids is 2. The number of rotatable bonds is 10. The van der Waals surface area contributed by atoms with E-state index in [-0.39, 0.29) is 13.0 Å². The lowest BCUT2D eigenvalue weighted by Gasteiger charge is -2.15. The summed E-state index contributed by atoms with van der Waals surface area (Å²) in [6.45, 7) is -0.448. The second-order valence-corrected chi connectivity index (χ2v) is 7.58. The third kappa shape index (κ3) is 7.63. The van der Waals surface area contributed by atoms with Gasteiger partial charge >= 0.3 is 32.1 Å². The fourth-order valence-corrected chi connectivity index (χ4v) is 3.15. The number of aliphatic hydroxyl groups is 1. The Hall–Kier alpha value is -2.95. The van der Waals surface area contributed by atoms with Crippen molar-refractivity contribution in [3.05, 3.63) is 59.5 Å². The van der Waals surface area contributed by atoms with Gasteiger partial charge in [0.2, 0.25) is 5.76 Å². The molecule has 0 saturated carbocycles. The van der Waals surface area contributed by atoms with Crippen molar-refractivity contribution in [2.75, 3.05) is 13.7 Å². The maximum atomic E-state index is 12.6. The van der Waals surface area contributed by atoms with Crippen molar-refractivity contribution in [1.82, 2.24) is 5.32 Å². The Morgan fingerprint density at radius 2 is 1.88 bits per heavy atom. The number of aliphatic hydroxyl groups excluding tert-OH is 1. The number of carbonyl (C=O) groups is 2. The minimum Gasteiger partial charge on any atom is -0.467 e. The second kappa shape index (κ2) is 11.6. The van der Waals surface area contributed by atoms with Crippen LogP contribution in [-0.2, 0) is 36.1 Å². The molecule has 2 aromatic rings. The average Bonchev–Trinajstić information content (AvgIpc) is 3.27.